The van der Waals surface area contributed by atoms with E-state index in [0.717, 1.165) is 11.3 Å². The molecule has 6 nitrogen and oxygen atoms in total. The standard InChI is InChI=1S/C11H8Cl2N2O4S2/c1-19-11-14-8(5-20-11)10(16)15-21(17,18)9-6(12)3-2-4-7(9)13/h2-5H,1H3,(H,15,16). The van der Waals surface area contributed by atoms with E-state index < -0.39 is 15.9 Å². The van der Waals surface area contributed by atoms with Crippen molar-refractivity contribution in [3.05, 3.63) is 39.3 Å². The number of thiazole rings is 1. The third-order valence-corrected chi connectivity index (χ3v) is 5.39. The molecule has 1 amide bonds. The van der Waals surface area contributed by atoms with Gasteiger partial charge in [-0.25, -0.2) is 13.1 Å². The smallest absolute Gasteiger partial charge is 0.284 e. The average Bonchev–Trinajstić information content (AvgIpc) is 2.86. The van der Waals surface area contributed by atoms with Crippen molar-refractivity contribution in [2.75, 3.05) is 7.11 Å². The van der Waals surface area contributed by atoms with Gasteiger partial charge in [0.1, 0.15) is 10.6 Å². The first-order chi connectivity index (χ1) is 9.85. The van der Waals surface area contributed by atoms with Crippen LogP contribution in [-0.4, -0.2) is 26.4 Å². The fraction of sp³-hybridized carbons (Fsp3) is 0.0909. The van der Waals surface area contributed by atoms with Crippen LogP contribution >= 0.6 is 34.5 Å². The van der Waals surface area contributed by atoms with Crippen molar-refractivity contribution < 1.29 is 17.9 Å². The van der Waals surface area contributed by atoms with E-state index in [2.05, 4.69) is 4.98 Å². The fourth-order valence-electron chi connectivity index (χ4n) is 1.42. The zero-order valence-electron chi connectivity index (χ0n) is 10.5. The number of aromatic nitrogens is 1. The molecule has 0 aliphatic rings. The van der Waals surface area contributed by atoms with Gasteiger partial charge in [-0.2, -0.15) is 4.98 Å². The molecule has 0 aliphatic heterocycles. The van der Waals surface area contributed by atoms with Crippen LogP contribution in [0.15, 0.2) is 28.5 Å². The van der Waals surface area contributed by atoms with E-state index in [-0.39, 0.29) is 25.8 Å². The molecule has 1 heterocycles. The zero-order chi connectivity index (χ0) is 15.6. The van der Waals surface area contributed by atoms with E-state index in [9.17, 15) is 13.2 Å². The molecule has 0 unspecified atom stereocenters. The van der Waals surface area contributed by atoms with E-state index in [1.807, 2.05) is 4.72 Å². The topological polar surface area (TPSA) is 85.4 Å². The summed E-state index contributed by atoms with van der Waals surface area (Å²) in [6.07, 6.45) is 0. The highest BCUT2D eigenvalue weighted by molar-refractivity contribution is 7.90. The van der Waals surface area contributed by atoms with Gasteiger partial charge in [-0.05, 0) is 12.1 Å². The van der Waals surface area contributed by atoms with Crippen LogP contribution in [0.2, 0.25) is 10.0 Å². The SMILES string of the molecule is COc1nc(C(=O)NS(=O)(=O)c2c(Cl)cccc2Cl)cs1. The van der Waals surface area contributed by atoms with Gasteiger partial charge < -0.3 is 4.74 Å². The molecule has 0 saturated heterocycles. The molecule has 112 valence electrons. The average molecular weight is 367 g/mol. The number of halogens is 2. The Bertz CT molecular complexity index is 769. The number of methoxy groups -OCH3 is 1. The van der Waals surface area contributed by atoms with E-state index in [4.69, 9.17) is 27.9 Å². The normalized spacial score (nSPS) is 11.2. The van der Waals surface area contributed by atoms with Crippen molar-refractivity contribution >= 4 is 50.5 Å². The predicted octanol–water partition coefficient (Wildman–Crippen LogP) is 2.58. The van der Waals surface area contributed by atoms with Crippen LogP contribution in [0, 0.1) is 0 Å². The number of nitrogens with zero attached hydrogens (tertiary/aromatic N) is 1. The predicted molar refractivity (Wildman–Crippen MR) is 79.8 cm³/mol. The fourth-order valence-corrected chi connectivity index (χ4v) is 4.15. The number of sulfonamides is 1. The van der Waals surface area contributed by atoms with Gasteiger partial charge in [-0.1, -0.05) is 40.6 Å². The second-order valence-electron chi connectivity index (χ2n) is 3.69. The van der Waals surface area contributed by atoms with Gasteiger partial charge in [-0.15, -0.1) is 0 Å². The quantitative estimate of drug-likeness (QED) is 0.898. The van der Waals surface area contributed by atoms with Crippen molar-refractivity contribution in [2.24, 2.45) is 0 Å². The van der Waals surface area contributed by atoms with Gasteiger partial charge in [-0.3, -0.25) is 4.79 Å². The van der Waals surface area contributed by atoms with Crippen LogP contribution in [0.4, 0.5) is 0 Å². The van der Waals surface area contributed by atoms with Gasteiger partial charge in [0.25, 0.3) is 21.1 Å². The molecule has 0 atom stereocenters. The number of rotatable bonds is 4. The molecule has 2 rings (SSSR count). The number of hydrogen-bond acceptors (Lipinski definition) is 6. The summed E-state index contributed by atoms with van der Waals surface area (Å²) in [5, 5.41) is 1.45. The Kier molecular flexibility index (Phi) is 4.72. The van der Waals surface area contributed by atoms with Crippen LogP contribution in [-0.2, 0) is 10.0 Å². The molecule has 2 aromatic rings. The molecular weight excluding hydrogens is 359 g/mol. The number of hydrogen-bond donors (Lipinski definition) is 1. The second-order valence-corrected chi connectivity index (χ2v) is 6.94. The Hall–Kier alpha value is -1.35. The Balaban J connectivity index is 2.31. The molecule has 10 heteroatoms. The second kappa shape index (κ2) is 6.18. The van der Waals surface area contributed by atoms with Crippen LogP contribution < -0.4 is 9.46 Å². The number of amides is 1. The summed E-state index contributed by atoms with van der Waals surface area (Å²) in [5.74, 6) is -0.898. The maximum Gasteiger partial charge on any atom is 0.284 e. The Morgan fingerprint density at radius 1 is 1.33 bits per heavy atom. The molecule has 0 spiro atoms. The first-order valence-corrected chi connectivity index (χ1v) is 8.47. The lowest BCUT2D eigenvalue weighted by Gasteiger charge is -2.08. The number of carbonyl (C=O) groups is 1. The molecule has 1 aromatic carbocycles. The van der Waals surface area contributed by atoms with Crippen LogP contribution in [0.5, 0.6) is 5.19 Å². The van der Waals surface area contributed by atoms with E-state index in [1.165, 1.54) is 30.7 Å². The zero-order valence-corrected chi connectivity index (χ0v) is 13.6. The molecule has 0 aliphatic carbocycles. The molecule has 21 heavy (non-hydrogen) atoms. The summed E-state index contributed by atoms with van der Waals surface area (Å²) in [4.78, 5) is 15.3. The lowest BCUT2D eigenvalue weighted by molar-refractivity contribution is 0.0976. The summed E-state index contributed by atoms with van der Waals surface area (Å²) in [7, 11) is -2.82. The van der Waals surface area contributed by atoms with Crippen LogP contribution in [0.3, 0.4) is 0 Å². The molecule has 0 fully saturated rings. The summed E-state index contributed by atoms with van der Waals surface area (Å²) >= 11 is 12.7. The van der Waals surface area contributed by atoms with Gasteiger partial charge in [0.15, 0.2) is 0 Å². The number of carbonyl (C=O) groups excluding carboxylic acids is 1. The number of ether oxygens (including phenoxy) is 1. The molecular formula is C11H8Cl2N2O4S2. The minimum Gasteiger partial charge on any atom is -0.473 e. The number of benzene rings is 1. The molecule has 0 bridgehead atoms. The van der Waals surface area contributed by atoms with Crippen molar-refractivity contribution in [1.82, 2.24) is 9.71 Å². The highest BCUT2D eigenvalue weighted by Gasteiger charge is 2.25. The lowest BCUT2D eigenvalue weighted by atomic mass is 10.4. The van der Waals surface area contributed by atoms with Crippen molar-refractivity contribution in [2.45, 2.75) is 4.90 Å². The van der Waals surface area contributed by atoms with E-state index >= 15 is 0 Å². The summed E-state index contributed by atoms with van der Waals surface area (Å²) in [6.45, 7) is 0. The van der Waals surface area contributed by atoms with E-state index in [0.29, 0.717) is 0 Å². The van der Waals surface area contributed by atoms with Gasteiger partial charge in [0.05, 0.1) is 17.2 Å². The molecule has 1 N–H and O–H groups in total. The summed E-state index contributed by atoms with van der Waals surface area (Å²) in [6, 6.07) is 4.22. The van der Waals surface area contributed by atoms with E-state index in [1.54, 1.807) is 0 Å². The highest BCUT2D eigenvalue weighted by atomic mass is 35.5. The largest absolute Gasteiger partial charge is 0.473 e. The monoisotopic (exact) mass is 366 g/mol. The first-order valence-electron chi connectivity index (χ1n) is 5.36. The lowest BCUT2D eigenvalue weighted by Crippen LogP contribution is -2.31. The first kappa shape index (κ1) is 16.0. The minimum absolute atomic E-state index is 0.0800. The minimum atomic E-state index is -4.21. The highest BCUT2D eigenvalue weighted by Crippen LogP contribution is 2.29. The maximum atomic E-state index is 12.2. The van der Waals surface area contributed by atoms with Crippen molar-refractivity contribution in [1.29, 1.82) is 0 Å². The molecule has 0 saturated carbocycles. The summed E-state index contributed by atoms with van der Waals surface area (Å²) < 4.78 is 31.0. The molecule has 0 radical (unpaired) electrons. The maximum absolute atomic E-state index is 12.2. The third kappa shape index (κ3) is 3.46. The number of nitrogens with one attached hydrogen (secondary N) is 1. The Labute approximate surface area is 134 Å². The van der Waals surface area contributed by atoms with Gasteiger partial charge >= 0.3 is 0 Å². The van der Waals surface area contributed by atoms with Crippen LogP contribution in [0.25, 0.3) is 0 Å². The van der Waals surface area contributed by atoms with Crippen LogP contribution in [0.1, 0.15) is 10.5 Å². The Morgan fingerprint density at radius 2 is 1.95 bits per heavy atom. The van der Waals surface area contributed by atoms with Gasteiger partial charge in [0.2, 0.25) is 0 Å². The Morgan fingerprint density at radius 3 is 2.48 bits per heavy atom. The third-order valence-electron chi connectivity index (χ3n) is 2.31. The summed E-state index contributed by atoms with van der Waals surface area (Å²) in [5.41, 5.74) is -0.0800. The van der Waals surface area contributed by atoms with Crippen molar-refractivity contribution in [3.63, 3.8) is 0 Å². The van der Waals surface area contributed by atoms with Crippen molar-refractivity contribution in [3.8, 4) is 5.19 Å². The molecule has 1 aromatic heterocycles. The van der Waals surface area contributed by atoms with Gasteiger partial charge in [0, 0.05) is 5.38 Å².